The molecule has 0 fully saturated rings. The number of unbranched alkanes of at least 4 members (excludes halogenated alkanes) is 28. The molecular formula is C55H100O2. The summed E-state index contributed by atoms with van der Waals surface area (Å²) in [5, 5.41) is 10.8. The van der Waals surface area contributed by atoms with E-state index < -0.39 is 0 Å². The maximum absolute atomic E-state index is 10.8. The van der Waals surface area contributed by atoms with Gasteiger partial charge in [-0.1, -0.05) is 245 Å². The third kappa shape index (κ3) is 30.8. The molecule has 0 spiro atoms. The monoisotopic (exact) mass is 793 g/mol. The van der Waals surface area contributed by atoms with Crippen molar-refractivity contribution < 1.29 is 10.6 Å². The Bertz CT molecular complexity index is 1110. The minimum Gasteiger partial charge on any atom is -0.508 e. The summed E-state index contributed by atoms with van der Waals surface area (Å²) in [4.78, 5) is 0. The number of benzene rings is 2. The molecule has 332 valence electrons. The standard InChI is InChI=1S/C34H62O.C21H36.H2O/c1-4-7-10-13-15-17-18-20-22-25-28-33-32(27-24-21-19-16-14-11-8-5-2)31(29-30-34(33)35)26-23-12-9-6-3;1-3-5-7-9-10-11-13-17-21-19-15-14-18-20(21)16-12-8-6-4-2;/h29-30,35H,4-28H2,1-3H3;14-15,18-19H,3-13,16-17H2,1-2H3;1H2. The van der Waals surface area contributed by atoms with Gasteiger partial charge in [-0.25, -0.2) is 0 Å². The Kier molecular flexibility index (Phi) is 41.0. The van der Waals surface area contributed by atoms with Crippen LogP contribution < -0.4 is 0 Å². The molecule has 0 aliphatic rings. The van der Waals surface area contributed by atoms with Crippen LogP contribution in [-0.2, 0) is 32.1 Å². The highest BCUT2D eigenvalue weighted by atomic mass is 16.3. The van der Waals surface area contributed by atoms with Crippen LogP contribution in [-0.4, -0.2) is 10.6 Å². The molecule has 0 aromatic heterocycles. The van der Waals surface area contributed by atoms with E-state index in [1.807, 2.05) is 6.07 Å². The highest BCUT2D eigenvalue weighted by Crippen LogP contribution is 2.30. The van der Waals surface area contributed by atoms with Crippen LogP contribution in [0.25, 0.3) is 0 Å². The molecule has 2 rings (SSSR count). The zero-order chi connectivity index (χ0) is 40.6. The van der Waals surface area contributed by atoms with Gasteiger partial charge in [0.2, 0.25) is 0 Å². The van der Waals surface area contributed by atoms with Crippen molar-refractivity contribution in [2.45, 2.75) is 279 Å². The van der Waals surface area contributed by atoms with E-state index in [0.29, 0.717) is 5.75 Å². The molecule has 57 heavy (non-hydrogen) atoms. The Hall–Kier alpha value is -1.80. The molecule has 3 N–H and O–H groups in total. The van der Waals surface area contributed by atoms with Crippen LogP contribution in [0.2, 0.25) is 0 Å². The number of rotatable bonds is 38. The number of phenolic OH excluding ortho intramolecular Hbond substituents is 1. The van der Waals surface area contributed by atoms with Crippen molar-refractivity contribution >= 4 is 0 Å². The lowest BCUT2D eigenvalue weighted by atomic mass is 9.89. The fourth-order valence-electron chi connectivity index (χ4n) is 8.58. The smallest absolute Gasteiger partial charge is 0.119 e. The lowest BCUT2D eigenvalue weighted by Crippen LogP contribution is -2.03. The molecule has 0 bridgehead atoms. The Morgan fingerprint density at radius 1 is 0.281 bits per heavy atom. The van der Waals surface area contributed by atoms with Crippen molar-refractivity contribution in [2.24, 2.45) is 0 Å². The summed E-state index contributed by atoms with van der Waals surface area (Å²) in [5.41, 5.74) is 7.56. The summed E-state index contributed by atoms with van der Waals surface area (Å²) >= 11 is 0. The molecule has 0 radical (unpaired) electrons. The molecule has 0 aliphatic carbocycles. The molecule has 0 unspecified atom stereocenters. The number of hydrogen-bond acceptors (Lipinski definition) is 1. The average molecular weight is 793 g/mol. The number of phenols is 1. The fourth-order valence-corrected chi connectivity index (χ4v) is 8.58. The van der Waals surface area contributed by atoms with E-state index >= 15 is 0 Å². The topological polar surface area (TPSA) is 51.7 Å². The first-order valence-electron chi connectivity index (χ1n) is 25.5. The Balaban J connectivity index is 0.00000122. The highest BCUT2D eigenvalue weighted by molar-refractivity contribution is 5.45. The highest BCUT2D eigenvalue weighted by Gasteiger charge is 2.13. The van der Waals surface area contributed by atoms with Gasteiger partial charge in [-0.05, 0) is 98.1 Å². The van der Waals surface area contributed by atoms with Gasteiger partial charge in [0.25, 0.3) is 0 Å². The molecule has 2 aromatic rings. The Morgan fingerprint density at radius 3 is 0.895 bits per heavy atom. The van der Waals surface area contributed by atoms with Crippen molar-refractivity contribution in [3.63, 3.8) is 0 Å². The normalized spacial score (nSPS) is 11.0. The van der Waals surface area contributed by atoms with Crippen LogP contribution in [0, 0.1) is 0 Å². The number of aryl methyl sites for hydroxylation is 3. The minimum atomic E-state index is 0. The molecule has 0 atom stereocenters. The van der Waals surface area contributed by atoms with E-state index in [2.05, 4.69) is 65.0 Å². The van der Waals surface area contributed by atoms with Gasteiger partial charge in [0, 0.05) is 0 Å². The van der Waals surface area contributed by atoms with Gasteiger partial charge < -0.3 is 10.6 Å². The molecule has 0 saturated carbocycles. The zero-order valence-corrected chi connectivity index (χ0v) is 39.3. The Labute approximate surface area is 357 Å². The van der Waals surface area contributed by atoms with Gasteiger partial charge in [0.15, 0.2) is 0 Å². The summed E-state index contributed by atoms with van der Waals surface area (Å²) < 4.78 is 0. The average Bonchev–Trinajstić information content (AvgIpc) is 3.21. The van der Waals surface area contributed by atoms with Gasteiger partial charge in [-0.3, -0.25) is 0 Å². The van der Waals surface area contributed by atoms with Crippen LogP contribution in [0.15, 0.2) is 36.4 Å². The maximum atomic E-state index is 10.8. The number of aromatic hydroxyl groups is 1. The van der Waals surface area contributed by atoms with Crippen molar-refractivity contribution in [3.05, 3.63) is 64.2 Å². The van der Waals surface area contributed by atoms with Crippen LogP contribution >= 0.6 is 0 Å². The molecular weight excluding hydrogens is 693 g/mol. The van der Waals surface area contributed by atoms with Crippen molar-refractivity contribution in [2.75, 3.05) is 0 Å². The van der Waals surface area contributed by atoms with Crippen LogP contribution in [0.3, 0.4) is 0 Å². The first-order chi connectivity index (χ1) is 27.6. The second-order valence-corrected chi connectivity index (χ2v) is 17.6. The van der Waals surface area contributed by atoms with Crippen LogP contribution in [0.4, 0.5) is 0 Å². The summed E-state index contributed by atoms with van der Waals surface area (Å²) in [7, 11) is 0. The second kappa shape index (κ2) is 42.3. The van der Waals surface area contributed by atoms with Gasteiger partial charge in [0.1, 0.15) is 5.75 Å². The number of hydrogen-bond donors (Lipinski definition) is 1. The van der Waals surface area contributed by atoms with Crippen molar-refractivity contribution in [1.82, 2.24) is 0 Å². The van der Waals surface area contributed by atoms with Gasteiger partial charge in [-0.2, -0.15) is 0 Å². The van der Waals surface area contributed by atoms with E-state index in [-0.39, 0.29) is 5.48 Å². The fraction of sp³-hybridized carbons (Fsp3) is 0.782. The Morgan fingerprint density at radius 2 is 0.544 bits per heavy atom. The van der Waals surface area contributed by atoms with Crippen LogP contribution in [0.1, 0.15) is 274 Å². The SMILES string of the molecule is CCCCCCCCCCCCc1c(O)ccc(CCCCCC)c1CCCCCCCCCC.CCCCCCCCCc1ccccc1CCCCCC.O. The van der Waals surface area contributed by atoms with Crippen molar-refractivity contribution in [3.8, 4) is 5.75 Å². The summed E-state index contributed by atoms with van der Waals surface area (Å²) in [6.07, 6.45) is 51.3. The van der Waals surface area contributed by atoms with Gasteiger partial charge in [0.05, 0.1) is 0 Å². The quantitative estimate of drug-likeness (QED) is 0.0677. The van der Waals surface area contributed by atoms with Gasteiger partial charge >= 0.3 is 0 Å². The largest absolute Gasteiger partial charge is 0.508 e. The molecule has 2 aromatic carbocycles. The molecule has 0 saturated heterocycles. The molecule has 0 heterocycles. The molecule has 2 nitrogen and oxygen atoms in total. The molecule has 2 heteroatoms. The second-order valence-electron chi connectivity index (χ2n) is 17.6. The van der Waals surface area contributed by atoms with Crippen molar-refractivity contribution in [1.29, 1.82) is 0 Å². The van der Waals surface area contributed by atoms with E-state index in [1.54, 1.807) is 11.1 Å². The lowest BCUT2D eigenvalue weighted by Gasteiger charge is -2.17. The zero-order valence-electron chi connectivity index (χ0n) is 39.3. The van der Waals surface area contributed by atoms with E-state index in [0.717, 1.165) is 6.42 Å². The van der Waals surface area contributed by atoms with E-state index in [9.17, 15) is 5.11 Å². The third-order valence-corrected chi connectivity index (χ3v) is 12.3. The third-order valence-electron chi connectivity index (χ3n) is 12.3. The molecule has 0 amide bonds. The minimum absolute atomic E-state index is 0. The van der Waals surface area contributed by atoms with Gasteiger partial charge in [-0.15, -0.1) is 0 Å². The predicted molar refractivity (Wildman–Crippen MR) is 257 cm³/mol. The first-order valence-corrected chi connectivity index (χ1v) is 25.5. The first kappa shape index (κ1) is 55.2. The maximum Gasteiger partial charge on any atom is 0.119 e. The predicted octanol–water partition coefficient (Wildman–Crippen LogP) is 17.9. The van der Waals surface area contributed by atoms with Crippen LogP contribution in [0.5, 0.6) is 5.75 Å². The summed E-state index contributed by atoms with van der Waals surface area (Å²) in [6.45, 7) is 11.5. The molecule has 0 aliphatic heterocycles. The lowest BCUT2D eigenvalue weighted by molar-refractivity contribution is 0.463. The summed E-state index contributed by atoms with van der Waals surface area (Å²) in [6, 6.07) is 13.4. The van der Waals surface area contributed by atoms with E-state index in [1.165, 1.54) is 254 Å². The van der Waals surface area contributed by atoms with E-state index in [4.69, 9.17) is 0 Å². The summed E-state index contributed by atoms with van der Waals surface area (Å²) in [5.74, 6) is 0.563.